The summed E-state index contributed by atoms with van der Waals surface area (Å²) >= 11 is 1.44. The quantitative estimate of drug-likeness (QED) is 0.295. The first-order valence-corrected chi connectivity index (χ1v) is 13.5. The van der Waals surface area contributed by atoms with E-state index < -0.39 is 6.23 Å². The van der Waals surface area contributed by atoms with Crippen LogP contribution in [0.1, 0.15) is 63.4 Å². The maximum absolute atomic E-state index is 12.7. The zero-order chi connectivity index (χ0) is 25.2. The number of thioether (sulfide) groups is 1. The molecular formula is C26H38N2O6S. The molecule has 0 bridgehead atoms. The normalized spacial score (nSPS) is 24.4. The van der Waals surface area contributed by atoms with Gasteiger partial charge in [0.25, 0.3) is 0 Å². The Bertz CT molecular complexity index is 841. The summed E-state index contributed by atoms with van der Waals surface area (Å²) in [7, 11) is 1.43. The van der Waals surface area contributed by atoms with Crippen molar-refractivity contribution in [2.24, 2.45) is 11.8 Å². The van der Waals surface area contributed by atoms with E-state index in [2.05, 4.69) is 5.32 Å². The van der Waals surface area contributed by atoms with Crippen molar-refractivity contribution in [3.63, 3.8) is 0 Å². The minimum Gasteiger partial charge on any atom is -0.469 e. The first-order chi connectivity index (χ1) is 16.9. The third-order valence-corrected chi connectivity index (χ3v) is 8.22. The summed E-state index contributed by atoms with van der Waals surface area (Å²) < 4.78 is 4.82. The van der Waals surface area contributed by atoms with Gasteiger partial charge in [-0.05, 0) is 62.1 Å². The molecule has 1 saturated carbocycles. The van der Waals surface area contributed by atoms with E-state index >= 15 is 0 Å². The highest BCUT2D eigenvalue weighted by atomic mass is 32.2. The fourth-order valence-electron chi connectivity index (χ4n) is 4.81. The van der Waals surface area contributed by atoms with E-state index in [0.29, 0.717) is 31.8 Å². The summed E-state index contributed by atoms with van der Waals surface area (Å²) in [6.45, 7) is 1.13. The van der Waals surface area contributed by atoms with E-state index in [-0.39, 0.29) is 35.6 Å². The van der Waals surface area contributed by atoms with Crippen LogP contribution >= 0.6 is 11.8 Å². The fraction of sp³-hybridized carbons (Fsp3) is 0.654. The number of esters is 1. The predicted molar refractivity (Wildman–Crippen MR) is 133 cm³/mol. The standard InChI is InChI=1S/C26H38N2O6S/c1-34-26(33)20-10-6-18(7-11-20)16-27-23(30)5-3-2-4-14-28-24(31)15-22(25(28)32)35-21-12-8-19(17-29)9-13-21/h8-9,12-13,18,20,22,24,29,31H,2-7,10-11,14-17H2,1H3,(H,27,30). The van der Waals surface area contributed by atoms with Crippen LogP contribution in [-0.4, -0.2) is 64.6 Å². The molecule has 3 rings (SSSR count). The summed E-state index contributed by atoms with van der Waals surface area (Å²) in [6, 6.07) is 7.44. The van der Waals surface area contributed by atoms with E-state index in [0.717, 1.165) is 55.4 Å². The molecule has 2 fully saturated rings. The average molecular weight is 507 g/mol. The molecule has 1 saturated heterocycles. The summed E-state index contributed by atoms with van der Waals surface area (Å²) in [6.07, 6.45) is 5.89. The van der Waals surface area contributed by atoms with Gasteiger partial charge in [0.15, 0.2) is 0 Å². The second-order valence-electron chi connectivity index (χ2n) is 9.51. The van der Waals surface area contributed by atoms with Crippen molar-refractivity contribution >= 4 is 29.5 Å². The van der Waals surface area contributed by atoms with Crippen LogP contribution in [0.2, 0.25) is 0 Å². The fourth-order valence-corrected chi connectivity index (χ4v) is 5.93. The van der Waals surface area contributed by atoms with Crippen LogP contribution in [0.4, 0.5) is 0 Å². The number of hydrogen-bond donors (Lipinski definition) is 3. The minimum absolute atomic E-state index is 0.000230. The van der Waals surface area contributed by atoms with Gasteiger partial charge in [-0.1, -0.05) is 18.6 Å². The van der Waals surface area contributed by atoms with Crippen LogP contribution in [0.3, 0.4) is 0 Å². The van der Waals surface area contributed by atoms with Crippen molar-refractivity contribution in [1.82, 2.24) is 10.2 Å². The van der Waals surface area contributed by atoms with Crippen LogP contribution < -0.4 is 5.32 Å². The number of unbranched alkanes of at least 4 members (excludes halogenated alkanes) is 2. The summed E-state index contributed by atoms with van der Waals surface area (Å²) in [4.78, 5) is 39.0. The Morgan fingerprint density at radius 2 is 1.83 bits per heavy atom. The molecule has 2 atom stereocenters. The van der Waals surface area contributed by atoms with E-state index in [1.807, 2.05) is 24.3 Å². The molecule has 2 unspecified atom stereocenters. The van der Waals surface area contributed by atoms with Crippen molar-refractivity contribution in [2.45, 2.75) is 80.8 Å². The van der Waals surface area contributed by atoms with Crippen molar-refractivity contribution in [2.75, 3.05) is 20.2 Å². The molecule has 0 aromatic heterocycles. The zero-order valence-corrected chi connectivity index (χ0v) is 21.3. The first kappa shape index (κ1) is 27.5. The Labute approximate surface area is 211 Å². The Hall–Kier alpha value is -2.10. The summed E-state index contributed by atoms with van der Waals surface area (Å²) in [5.74, 6) is 0.286. The number of likely N-dealkylation sites (tertiary alicyclic amines) is 1. The molecule has 35 heavy (non-hydrogen) atoms. The lowest BCUT2D eigenvalue weighted by atomic mass is 9.82. The highest BCUT2D eigenvalue weighted by Crippen LogP contribution is 2.33. The summed E-state index contributed by atoms with van der Waals surface area (Å²) in [5, 5.41) is 22.2. The molecule has 1 aliphatic heterocycles. The molecular weight excluding hydrogens is 468 g/mol. The molecule has 0 radical (unpaired) electrons. The lowest BCUT2D eigenvalue weighted by Gasteiger charge is -2.27. The number of amides is 2. The van der Waals surface area contributed by atoms with Crippen LogP contribution in [-0.2, 0) is 25.7 Å². The minimum atomic E-state index is -0.769. The molecule has 9 heteroatoms. The maximum atomic E-state index is 12.7. The topological polar surface area (TPSA) is 116 Å². The Morgan fingerprint density at radius 1 is 1.11 bits per heavy atom. The second kappa shape index (κ2) is 13.8. The molecule has 1 aromatic rings. The predicted octanol–water partition coefficient (Wildman–Crippen LogP) is 2.85. The van der Waals surface area contributed by atoms with Gasteiger partial charge in [-0.2, -0.15) is 0 Å². The van der Waals surface area contributed by atoms with E-state index in [1.165, 1.54) is 18.9 Å². The van der Waals surface area contributed by atoms with E-state index in [9.17, 15) is 19.5 Å². The molecule has 1 heterocycles. The number of nitrogens with zero attached hydrogens (tertiary/aromatic N) is 1. The van der Waals surface area contributed by atoms with Crippen molar-refractivity contribution in [3.05, 3.63) is 29.8 Å². The Morgan fingerprint density at radius 3 is 2.49 bits per heavy atom. The number of aliphatic hydroxyl groups excluding tert-OH is 2. The zero-order valence-electron chi connectivity index (χ0n) is 20.5. The highest BCUT2D eigenvalue weighted by molar-refractivity contribution is 8.00. The van der Waals surface area contributed by atoms with E-state index in [1.54, 1.807) is 4.90 Å². The van der Waals surface area contributed by atoms with Gasteiger partial charge >= 0.3 is 5.97 Å². The number of carbonyl (C=O) groups excluding carboxylic acids is 3. The molecule has 194 valence electrons. The van der Waals surface area contributed by atoms with Crippen molar-refractivity contribution in [3.8, 4) is 0 Å². The third-order valence-electron chi connectivity index (χ3n) is 7.00. The molecule has 1 aliphatic carbocycles. The number of rotatable bonds is 12. The number of hydrogen-bond acceptors (Lipinski definition) is 7. The molecule has 1 aromatic carbocycles. The largest absolute Gasteiger partial charge is 0.469 e. The molecule has 8 nitrogen and oxygen atoms in total. The monoisotopic (exact) mass is 506 g/mol. The van der Waals surface area contributed by atoms with Gasteiger partial charge < -0.3 is 25.2 Å². The van der Waals surface area contributed by atoms with Crippen LogP contribution in [0.25, 0.3) is 0 Å². The third kappa shape index (κ3) is 8.22. The lowest BCUT2D eigenvalue weighted by Crippen LogP contribution is -2.35. The van der Waals surface area contributed by atoms with Gasteiger partial charge in [-0.3, -0.25) is 14.4 Å². The van der Waals surface area contributed by atoms with Gasteiger partial charge in [-0.15, -0.1) is 11.8 Å². The molecule has 0 spiro atoms. The number of carbonyl (C=O) groups is 3. The Kier molecular flexibility index (Phi) is 10.9. The number of aliphatic hydroxyl groups is 2. The van der Waals surface area contributed by atoms with Crippen LogP contribution in [0, 0.1) is 11.8 Å². The maximum Gasteiger partial charge on any atom is 0.308 e. The average Bonchev–Trinajstić information content (AvgIpc) is 3.14. The van der Waals surface area contributed by atoms with Crippen LogP contribution in [0.15, 0.2) is 29.2 Å². The molecule has 2 aliphatic rings. The molecule has 2 amide bonds. The number of methoxy groups -OCH3 is 1. The Balaban J connectivity index is 1.27. The lowest BCUT2D eigenvalue weighted by molar-refractivity contribution is -0.146. The highest BCUT2D eigenvalue weighted by Gasteiger charge is 2.38. The van der Waals surface area contributed by atoms with E-state index in [4.69, 9.17) is 9.84 Å². The van der Waals surface area contributed by atoms with Gasteiger partial charge in [-0.25, -0.2) is 0 Å². The molecule has 3 N–H and O–H groups in total. The summed E-state index contributed by atoms with van der Waals surface area (Å²) in [5.41, 5.74) is 0.824. The SMILES string of the molecule is COC(=O)C1CCC(CNC(=O)CCCCCN2C(=O)C(Sc3ccc(CO)cc3)CC2O)CC1. The second-order valence-corrected chi connectivity index (χ2v) is 10.8. The van der Waals surface area contributed by atoms with Gasteiger partial charge in [0.2, 0.25) is 11.8 Å². The number of ether oxygens (including phenoxy) is 1. The van der Waals surface area contributed by atoms with Crippen molar-refractivity contribution < 1.29 is 29.3 Å². The first-order valence-electron chi connectivity index (χ1n) is 12.6. The number of benzene rings is 1. The van der Waals surface area contributed by atoms with Gasteiger partial charge in [0.1, 0.15) is 6.23 Å². The van der Waals surface area contributed by atoms with Crippen molar-refractivity contribution in [1.29, 1.82) is 0 Å². The van der Waals surface area contributed by atoms with Gasteiger partial charge in [0.05, 0.1) is 24.9 Å². The number of nitrogens with one attached hydrogen (secondary N) is 1. The van der Waals surface area contributed by atoms with Crippen LogP contribution in [0.5, 0.6) is 0 Å². The smallest absolute Gasteiger partial charge is 0.308 e. The van der Waals surface area contributed by atoms with Gasteiger partial charge in [0, 0.05) is 30.8 Å².